The molecule has 0 amide bonds. The molecule has 0 aliphatic carbocycles. The molecule has 0 spiro atoms. The Hall–Kier alpha value is -0.940. The Morgan fingerprint density at radius 2 is 2.38 bits per heavy atom. The fourth-order valence-corrected chi connectivity index (χ4v) is 1.99. The van der Waals surface area contributed by atoms with Gasteiger partial charge in [-0.15, -0.1) is 0 Å². The minimum Gasteiger partial charge on any atom is -0.456 e. The molecule has 2 rings (SSSR count). The number of hydrogen-bond acceptors (Lipinski definition) is 3. The summed E-state index contributed by atoms with van der Waals surface area (Å²) in [6, 6.07) is 3.87. The molecule has 16 heavy (non-hydrogen) atoms. The lowest BCUT2D eigenvalue weighted by molar-refractivity contribution is 0.0269. The summed E-state index contributed by atoms with van der Waals surface area (Å²) in [5.41, 5.74) is 0.327. The molecule has 86 valence electrons. The fourth-order valence-electron chi connectivity index (χ4n) is 1.48. The predicted octanol–water partition coefficient (Wildman–Crippen LogP) is 2.53. The number of rotatable bonds is 2. The van der Waals surface area contributed by atoms with Crippen molar-refractivity contribution in [3.63, 3.8) is 0 Å². The molecule has 0 bridgehead atoms. The Morgan fingerprint density at radius 3 is 3.00 bits per heavy atom. The summed E-state index contributed by atoms with van der Waals surface area (Å²) in [6.07, 6.45) is 0.523. The lowest BCUT2D eigenvalue weighted by Gasteiger charge is -2.10. The van der Waals surface area contributed by atoms with Gasteiger partial charge in [-0.1, -0.05) is 0 Å². The van der Waals surface area contributed by atoms with Crippen LogP contribution in [0.5, 0.6) is 0 Å². The second kappa shape index (κ2) is 4.93. The van der Waals surface area contributed by atoms with Crippen LogP contribution in [0.25, 0.3) is 0 Å². The lowest BCUT2D eigenvalue weighted by Crippen LogP contribution is -2.18. The summed E-state index contributed by atoms with van der Waals surface area (Å²) in [7, 11) is 0. The van der Waals surface area contributed by atoms with E-state index in [2.05, 4.69) is 15.9 Å². The molecule has 5 heteroatoms. The first kappa shape index (κ1) is 11.5. The molecule has 0 N–H and O–H groups in total. The van der Waals surface area contributed by atoms with Crippen molar-refractivity contribution in [2.45, 2.75) is 12.5 Å². The predicted molar refractivity (Wildman–Crippen MR) is 58.7 cm³/mol. The van der Waals surface area contributed by atoms with Gasteiger partial charge < -0.3 is 9.47 Å². The first-order chi connectivity index (χ1) is 7.66. The quantitative estimate of drug-likeness (QED) is 0.785. The van der Waals surface area contributed by atoms with E-state index in [9.17, 15) is 9.18 Å². The maximum atomic E-state index is 12.8. The third-order valence-electron chi connectivity index (χ3n) is 2.31. The molecule has 0 radical (unpaired) electrons. The molecule has 0 aromatic heterocycles. The van der Waals surface area contributed by atoms with E-state index in [0.29, 0.717) is 29.7 Å². The van der Waals surface area contributed by atoms with Gasteiger partial charge in [0.25, 0.3) is 0 Å². The van der Waals surface area contributed by atoms with Crippen LogP contribution in [0.2, 0.25) is 0 Å². The van der Waals surface area contributed by atoms with Gasteiger partial charge in [0.15, 0.2) is 0 Å². The third kappa shape index (κ3) is 2.59. The second-order valence-corrected chi connectivity index (χ2v) is 4.37. The van der Waals surface area contributed by atoms with E-state index < -0.39 is 11.8 Å². The third-order valence-corrected chi connectivity index (χ3v) is 2.97. The van der Waals surface area contributed by atoms with Gasteiger partial charge in [0.2, 0.25) is 0 Å². The molecular weight excluding hydrogens is 279 g/mol. The first-order valence-corrected chi connectivity index (χ1v) is 5.70. The fraction of sp³-hybridized carbons (Fsp3) is 0.364. The van der Waals surface area contributed by atoms with Gasteiger partial charge in [-0.2, -0.15) is 0 Å². The Balaban J connectivity index is 2.08. The number of hydrogen-bond donors (Lipinski definition) is 0. The number of benzene rings is 1. The molecule has 3 nitrogen and oxygen atoms in total. The van der Waals surface area contributed by atoms with Gasteiger partial charge in [-0.05, 0) is 34.1 Å². The molecule has 1 heterocycles. The zero-order chi connectivity index (χ0) is 11.5. The smallest absolute Gasteiger partial charge is 0.339 e. The summed E-state index contributed by atoms with van der Waals surface area (Å²) in [5, 5.41) is 0. The molecule has 1 fully saturated rings. The average molecular weight is 289 g/mol. The summed E-state index contributed by atoms with van der Waals surface area (Å²) in [5.74, 6) is -0.852. The Labute approximate surface area is 101 Å². The van der Waals surface area contributed by atoms with E-state index in [4.69, 9.17) is 9.47 Å². The number of carbonyl (C=O) groups excluding carboxylic acids is 1. The highest BCUT2D eigenvalue weighted by Crippen LogP contribution is 2.20. The topological polar surface area (TPSA) is 35.5 Å². The Bertz CT molecular complexity index is 402. The number of carbonyl (C=O) groups is 1. The van der Waals surface area contributed by atoms with Crippen molar-refractivity contribution in [2.75, 3.05) is 13.2 Å². The Morgan fingerprint density at radius 1 is 1.56 bits per heavy atom. The molecule has 0 saturated carbocycles. The van der Waals surface area contributed by atoms with Gasteiger partial charge in [0, 0.05) is 10.9 Å². The van der Waals surface area contributed by atoms with E-state index in [1.54, 1.807) is 0 Å². The van der Waals surface area contributed by atoms with Crippen LogP contribution in [-0.2, 0) is 9.47 Å². The van der Waals surface area contributed by atoms with E-state index in [0.717, 1.165) is 0 Å². The summed E-state index contributed by atoms with van der Waals surface area (Å²) >= 11 is 3.13. The molecule has 1 saturated heterocycles. The molecule has 1 atom stereocenters. The van der Waals surface area contributed by atoms with E-state index in [1.165, 1.54) is 18.2 Å². The van der Waals surface area contributed by atoms with E-state index in [1.807, 2.05) is 0 Å². The highest BCUT2D eigenvalue weighted by molar-refractivity contribution is 9.10. The molecule has 1 aromatic carbocycles. The zero-order valence-electron chi connectivity index (χ0n) is 8.41. The number of halogens is 2. The molecule has 1 aromatic rings. The van der Waals surface area contributed by atoms with Crippen LogP contribution in [0.1, 0.15) is 16.8 Å². The standard InChI is InChI=1S/C11H10BrFO3/c12-10-5-7(13)1-2-9(10)11(14)16-8-3-4-15-6-8/h1-2,5,8H,3-4,6H2/t8-/m1/s1. The van der Waals surface area contributed by atoms with Crippen molar-refractivity contribution in [1.82, 2.24) is 0 Å². The largest absolute Gasteiger partial charge is 0.456 e. The van der Waals surface area contributed by atoms with Crippen molar-refractivity contribution in [2.24, 2.45) is 0 Å². The van der Waals surface area contributed by atoms with Crippen LogP contribution < -0.4 is 0 Å². The van der Waals surface area contributed by atoms with Crippen LogP contribution in [-0.4, -0.2) is 25.3 Å². The van der Waals surface area contributed by atoms with Crippen LogP contribution in [0.15, 0.2) is 22.7 Å². The maximum Gasteiger partial charge on any atom is 0.339 e. The summed E-state index contributed by atoms with van der Waals surface area (Å²) in [4.78, 5) is 11.7. The second-order valence-electron chi connectivity index (χ2n) is 3.52. The van der Waals surface area contributed by atoms with E-state index in [-0.39, 0.29) is 6.10 Å². The minimum absolute atomic E-state index is 0.190. The monoisotopic (exact) mass is 288 g/mol. The number of esters is 1. The van der Waals surface area contributed by atoms with Crippen LogP contribution >= 0.6 is 15.9 Å². The van der Waals surface area contributed by atoms with Crippen molar-refractivity contribution < 1.29 is 18.7 Å². The normalized spacial score (nSPS) is 19.8. The maximum absolute atomic E-state index is 12.8. The van der Waals surface area contributed by atoms with Gasteiger partial charge in [-0.25, -0.2) is 9.18 Å². The lowest BCUT2D eigenvalue weighted by atomic mass is 10.2. The molecule has 1 aliphatic rings. The number of ether oxygens (including phenoxy) is 2. The van der Waals surface area contributed by atoms with Gasteiger partial charge >= 0.3 is 5.97 Å². The van der Waals surface area contributed by atoms with Gasteiger partial charge in [0.05, 0.1) is 18.8 Å². The van der Waals surface area contributed by atoms with Crippen LogP contribution in [0.3, 0.4) is 0 Å². The summed E-state index contributed by atoms with van der Waals surface area (Å²) < 4.78 is 23.5. The first-order valence-electron chi connectivity index (χ1n) is 4.90. The van der Waals surface area contributed by atoms with Gasteiger partial charge in [-0.3, -0.25) is 0 Å². The van der Waals surface area contributed by atoms with Crippen LogP contribution in [0, 0.1) is 5.82 Å². The SMILES string of the molecule is O=C(O[C@@H]1CCOC1)c1ccc(F)cc1Br. The summed E-state index contributed by atoms with van der Waals surface area (Å²) in [6.45, 7) is 1.05. The average Bonchev–Trinajstić information content (AvgIpc) is 2.70. The highest BCUT2D eigenvalue weighted by Gasteiger charge is 2.22. The van der Waals surface area contributed by atoms with E-state index >= 15 is 0 Å². The molecular formula is C11H10BrFO3. The Kier molecular flexibility index (Phi) is 3.56. The highest BCUT2D eigenvalue weighted by atomic mass is 79.9. The van der Waals surface area contributed by atoms with Crippen LogP contribution in [0.4, 0.5) is 4.39 Å². The van der Waals surface area contributed by atoms with Gasteiger partial charge in [0.1, 0.15) is 11.9 Å². The zero-order valence-corrected chi connectivity index (χ0v) is 10.00. The molecule has 0 unspecified atom stereocenters. The van der Waals surface area contributed by atoms with Crippen molar-refractivity contribution in [3.8, 4) is 0 Å². The van der Waals surface area contributed by atoms with Crippen molar-refractivity contribution >= 4 is 21.9 Å². The minimum atomic E-state index is -0.456. The van der Waals surface area contributed by atoms with Crippen molar-refractivity contribution in [1.29, 1.82) is 0 Å². The van der Waals surface area contributed by atoms with Crippen molar-refractivity contribution in [3.05, 3.63) is 34.1 Å². The molecule has 1 aliphatic heterocycles.